The maximum atomic E-state index is 12.0. The van der Waals surface area contributed by atoms with Gasteiger partial charge in [-0.05, 0) is 45.4 Å². The minimum absolute atomic E-state index is 0.0483. The van der Waals surface area contributed by atoms with Crippen molar-refractivity contribution < 1.29 is 23.8 Å². The second-order valence-corrected chi connectivity index (χ2v) is 6.76. The first-order valence-electron chi connectivity index (χ1n) is 7.62. The molecule has 5 unspecified atom stereocenters. The summed E-state index contributed by atoms with van der Waals surface area (Å²) >= 11 is 0. The molecule has 2 saturated heterocycles. The van der Waals surface area contributed by atoms with E-state index < -0.39 is 17.9 Å². The van der Waals surface area contributed by atoms with E-state index in [9.17, 15) is 9.59 Å². The molecule has 0 spiro atoms. The van der Waals surface area contributed by atoms with E-state index in [0.29, 0.717) is 24.3 Å². The van der Waals surface area contributed by atoms with E-state index in [-0.39, 0.29) is 18.0 Å². The topological polar surface area (TPSA) is 61.8 Å². The van der Waals surface area contributed by atoms with Gasteiger partial charge in [0.25, 0.3) is 0 Å². The minimum atomic E-state index is -0.638. The highest BCUT2D eigenvalue weighted by atomic mass is 16.7. The second-order valence-electron chi connectivity index (χ2n) is 6.76. The van der Waals surface area contributed by atoms with Gasteiger partial charge in [-0.1, -0.05) is 6.58 Å². The van der Waals surface area contributed by atoms with Crippen molar-refractivity contribution >= 4 is 11.9 Å². The zero-order valence-corrected chi connectivity index (χ0v) is 12.6. The van der Waals surface area contributed by atoms with E-state index in [4.69, 9.17) is 14.2 Å². The highest BCUT2D eigenvalue weighted by Gasteiger charge is 2.54. The molecular formula is C16H22O5. The van der Waals surface area contributed by atoms with Crippen molar-refractivity contribution in [3.05, 3.63) is 12.2 Å². The molecule has 116 valence electrons. The number of esters is 2. The number of ether oxygens (including phenoxy) is 3. The second kappa shape index (κ2) is 5.13. The fourth-order valence-electron chi connectivity index (χ4n) is 4.15. The largest absolute Gasteiger partial charge is 0.462 e. The molecule has 2 heterocycles. The molecule has 4 aliphatic rings. The first-order valence-corrected chi connectivity index (χ1v) is 7.62. The summed E-state index contributed by atoms with van der Waals surface area (Å²) in [6.45, 7) is 6.89. The fraction of sp³-hybridized carbons (Fsp3) is 0.750. The predicted octanol–water partition coefficient (Wildman–Crippen LogP) is 2.34. The molecule has 0 N–H and O–H groups in total. The van der Waals surface area contributed by atoms with Crippen molar-refractivity contribution in [2.24, 2.45) is 11.8 Å². The maximum Gasteiger partial charge on any atom is 0.335 e. The van der Waals surface area contributed by atoms with Gasteiger partial charge in [0.15, 0.2) is 0 Å². The molecule has 4 rings (SSSR count). The van der Waals surface area contributed by atoms with Crippen molar-refractivity contribution in [2.45, 2.75) is 63.9 Å². The Labute approximate surface area is 124 Å². The Morgan fingerprint density at radius 2 is 2.14 bits per heavy atom. The Morgan fingerprint density at radius 1 is 1.38 bits per heavy atom. The molecule has 0 aromatic rings. The van der Waals surface area contributed by atoms with E-state index in [1.165, 1.54) is 0 Å². The molecule has 5 atom stereocenters. The number of rotatable bonds is 4. The van der Waals surface area contributed by atoms with Gasteiger partial charge in [-0.25, -0.2) is 4.79 Å². The summed E-state index contributed by atoms with van der Waals surface area (Å²) in [5, 5.41) is 0. The number of hydrogen-bond acceptors (Lipinski definition) is 5. The molecular weight excluding hydrogens is 272 g/mol. The van der Waals surface area contributed by atoms with Gasteiger partial charge in [0, 0.05) is 12.0 Å². The highest BCUT2D eigenvalue weighted by Crippen LogP contribution is 2.51. The van der Waals surface area contributed by atoms with Crippen LogP contribution in [0.25, 0.3) is 0 Å². The summed E-state index contributed by atoms with van der Waals surface area (Å²) in [4.78, 5) is 23.6. The van der Waals surface area contributed by atoms with E-state index >= 15 is 0 Å². The van der Waals surface area contributed by atoms with Crippen LogP contribution in [0, 0.1) is 11.8 Å². The Kier molecular flexibility index (Phi) is 3.56. The molecule has 2 saturated carbocycles. The quantitative estimate of drug-likeness (QED) is 0.452. The number of hydrogen-bond donors (Lipinski definition) is 0. The lowest BCUT2D eigenvalue weighted by Gasteiger charge is -2.46. The van der Waals surface area contributed by atoms with Gasteiger partial charge in [0.05, 0.1) is 11.5 Å². The lowest BCUT2D eigenvalue weighted by atomic mass is 9.65. The Morgan fingerprint density at radius 3 is 2.86 bits per heavy atom. The molecule has 4 bridgehead atoms. The molecule has 21 heavy (non-hydrogen) atoms. The number of fused-ring (bicyclic) bond motifs is 1. The predicted molar refractivity (Wildman–Crippen MR) is 74.1 cm³/mol. The average molecular weight is 294 g/mol. The van der Waals surface area contributed by atoms with Crippen LogP contribution in [0.5, 0.6) is 0 Å². The van der Waals surface area contributed by atoms with Gasteiger partial charge in [-0.15, -0.1) is 0 Å². The van der Waals surface area contributed by atoms with Crippen LogP contribution in [-0.4, -0.2) is 29.9 Å². The summed E-state index contributed by atoms with van der Waals surface area (Å²) in [5.41, 5.74) is -0.0380. The molecule has 4 fully saturated rings. The smallest absolute Gasteiger partial charge is 0.335 e. The van der Waals surface area contributed by atoms with Crippen LogP contribution in [0.2, 0.25) is 0 Å². The van der Waals surface area contributed by atoms with E-state index in [2.05, 4.69) is 6.58 Å². The average Bonchev–Trinajstić information content (AvgIpc) is 2.51. The van der Waals surface area contributed by atoms with Crippen molar-refractivity contribution in [1.82, 2.24) is 0 Å². The monoisotopic (exact) mass is 294 g/mol. The lowest BCUT2D eigenvalue weighted by molar-refractivity contribution is -0.227. The molecule has 0 amide bonds. The summed E-state index contributed by atoms with van der Waals surface area (Å²) < 4.78 is 16.8. The van der Waals surface area contributed by atoms with Gasteiger partial charge in [-0.3, -0.25) is 4.79 Å². The van der Waals surface area contributed by atoms with Crippen molar-refractivity contribution in [1.29, 1.82) is 0 Å². The maximum absolute atomic E-state index is 12.0. The van der Waals surface area contributed by atoms with Crippen LogP contribution in [0.1, 0.15) is 46.0 Å². The van der Waals surface area contributed by atoms with Gasteiger partial charge in [0.1, 0.15) is 6.10 Å². The normalized spacial score (nSPS) is 38.6. The number of carbonyl (C=O) groups is 2. The first-order chi connectivity index (χ1) is 9.87. The van der Waals surface area contributed by atoms with Gasteiger partial charge >= 0.3 is 11.9 Å². The van der Waals surface area contributed by atoms with E-state index in [1.807, 2.05) is 0 Å². The van der Waals surface area contributed by atoms with Crippen LogP contribution in [-0.2, 0) is 23.8 Å². The third-order valence-corrected chi connectivity index (χ3v) is 4.75. The van der Waals surface area contributed by atoms with Crippen LogP contribution in [0.15, 0.2) is 12.2 Å². The fourth-order valence-corrected chi connectivity index (χ4v) is 4.15. The Hall–Kier alpha value is -1.36. The van der Waals surface area contributed by atoms with Crippen molar-refractivity contribution in [3.8, 4) is 0 Å². The molecule has 0 radical (unpaired) electrons. The van der Waals surface area contributed by atoms with Gasteiger partial charge in [0.2, 0.25) is 6.29 Å². The van der Waals surface area contributed by atoms with Crippen LogP contribution in [0.3, 0.4) is 0 Å². The van der Waals surface area contributed by atoms with Crippen LogP contribution >= 0.6 is 0 Å². The Bertz CT molecular complexity index is 485. The molecule has 0 aromatic carbocycles. The highest BCUT2D eigenvalue weighted by molar-refractivity contribution is 5.87. The third kappa shape index (κ3) is 2.84. The Balaban J connectivity index is 1.71. The first kappa shape index (κ1) is 14.6. The van der Waals surface area contributed by atoms with Crippen LogP contribution < -0.4 is 0 Å². The lowest BCUT2D eigenvalue weighted by Crippen LogP contribution is -2.49. The summed E-state index contributed by atoms with van der Waals surface area (Å²) in [6.07, 6.45) is 3.46. The summed E-state index contributed by atoms with van der Waals surface area (Å²) in [6, 6.07) is 0. The van der Waals surface area contributed by atoms with Crippen molar-refractivity contribution in [2.75, 3.05) is 0 Å². The third-order valence-electron chi connectivity index (χ3n) is 4.75. The van der Waals surface area contributed by atoms with E-state index in [1.54, 1.807) is 13.8 Å². The zero-order chi connectivity index (χ0) is 15.2. The molecule has 2 aliphatic heterocycles. The number of carbonyl (C=O) groups excluding carboxylic acids is 2. The standard InChI is InChI=1S/C16H22O5/c1-9(2)14(17)19-10(3)21-16-6-11-4-12(7-16)15(18)20-13(5-11)8-16/h10-13H,1,4-8H2,2-3H3. The van der Waals surface area contributed by atoms with Crippen LogP contribution in [0.4, 0.5) is 0 Å². The van der Waals surface area contributed by atoms with Gasteiger partial charge < -0.3 is 14.2 Å². The molecule has 5 nitrogen and oxygen atoms in total. The van der Waals surface area contributed by atoms with Crippen molar-refractivity contribution in [3.63, 3.8) is 0 Å². The minimum Gasteiger partial charge on any atom is -0.462 e. The molecule has 0 aromatic heterocycles. The zero-order valence-electron chi connectivity index (χ0n) is 12.6. The van der Waals surface area contributed by atoms with Gasteiger partial charge in [-0.2, -0.15) is 0 Å². The van der Waals surface area contributed by atoms with E-state index in [0.717, 1.165) is 19.3 Å². The molecule has 5 heteroatoms. The molecule has 2 aliphatic carbocycles. The summed E-state index contributed by atoms with van der Waals surface area (Å²) in [7, 11) is 0. The summed E-state index contributed by atoms with van der Waals surface area (Å²) in [5.74, 6) is -0.130. The SMILES string of the molecule is C=C(C)C(=O)OC(C)OC12CC3CC(C1)OC(=O)C(C3)C2.